The lowest BCUT2D eigenvalue weighted by Crippen LogP contribution is -2.44. The number of carboxylic acid groups (broad SMARTS) is 1. The van der Waals surface area contributed by atoms with Crippen molar-refractivity contribution in [3.63, 3.8) is 0 Å². The third-order valence-electron chi connectivity index (χ3n) is 14.7. The predicted octanol–water partition coefficient (Wildman–Crippen LogP) is 18.1. The summed E-state index contributed by atoms with van der Waals surface area (Å²) in [6.07, 6.45) is 67.0. The summed E-state index contributed by atoms with van der Waals surface area (Å²) in [6, 6.07) is 0. The van der Waals surface area contributed by atoms with Crippen molar-refractivity contribution in [3.05, 3.63) is 24.3 Å². The number of esters is 2. The van der Waals surface area contributed by atoms with E-state index in [0.29, 0.717) is 17.4 Å². The minimum Gasteiger partial charge on any atom is -0.545 e. The molecule has 0 aromatic rings. The first-order valence-electron chi connectivity index (χ1n) is 32.5. The zero-order valence-electron chi connectivity index (χ0n) is 50.4. The van der Waals surface area contributed by atoms with Crippen LogP contribution in [0.5, 0.6) is 0 Å². The summed E-state index contributed by atoms with van der Waals surface area (Å²) in [6.45, 7) is 4.78. The summed E-state index contributed by atoms with van der Waals surface area (Å²) in [5.41, 5.74) is 0. The lowest BCUT2D eigenvalue weighted by molar-refractivity contribution is -0.870. The summed E-state index contributed by atoms with van der Waals surface area (Å²) in [5, 5.41) is 11.8. The fourth-order valence-corrected chi connectivity index (χ4v) is 9.69. The third kappa shape index (κ3) is 59.3. The highest BCUT2D eigenvalue weighted by molar-refractivity contribution is 5.70. The Balaban J connectivity index is 3.94. The summed E-state index contributed by atoms with van der Waals surface area (Å²) >= 11 is 0. The van der Waals surface area contributed by atoms with Crippen molar-refractivity contribution in [2.45, 2.75) is 334 Å². The Hall–Kier alpha value is -2.23. The molecule has 442 valence electrons. The van der Waals surface area contributed by atoms with Gasteiger partial charge in [0.25, 0.3) is 0 Å². The molecule has 9 nitrogen and oxygen atoms in total. The van der Waals surface area contributed by atoms with Crippen molar-refractivity contribution in [1.29, 1.82) is 0 Å². The van der Waals surface area contributed by atoms with Crippen LogP contribution in [0.25, 0.3) is 0 Å². The van der Waals surface area contributed by atoms with E-state index in [9.17, 15) is 19.5 Å². The van der Waals surface area contributed by atoms with Gasteiger partial charge in [-0.3, -0.25) is 9.59 Å². The lowest BCUT2D eigenvalue weighted by atomic mass is 10.0. The van der Waals surface area contributed by atoms with Crippen LogP contribution in [0, 0.1) is 0 Å². The Labute approximate surface area is 465 Å². The van der Waals surface area contributed by atoms with Crippen LogP contribution < -0.4 is 5.11 Å². The predicted molar refractivity (Wildman–Crippen MR) is 316 cm³/mol. The molecule has 0 amide bonds. The van der Waals surface area contributed by atoms with Crippen LogP contribution in [0.4, 0.5) is 0 Å². The molecular formula is C66H125NO8. The summed E-state index contributed by atoms with van der Waals surface area (Å²) in [5.74, 6) is -2.26. The zero-order chi connectivity index (χ0) is 54.8. The Morgan fingerprint density at radius 1 is 0.400 bits per heavy atom. The van der Waals surface area contributed by atoms with E-state index in [4.69, 9.17) is 18.9 Å². The molecule has 0 N–H and O–H groups in total. The van der Waals surface area contributed by atoms with E-state index in [-0.39, 0.29) is 32.2 Å². The van der Waals surface area contributed by atoms with E-state index < -0.39 is 24.3 Å². The van der Waals surface area contributed by atoms with E-state index in [1.54, 1.807) is 0 Å². The number of aliphatic carboxylic acids is 1. The van der Waals surface area contributed by atoms with Crippen molar-refractivity contribution in [2.24, 2.45) is 0 Å². The fourth-order valence-electron chi connectivity index (χ4n) is 9.69. The Morgan fingerprint density at radius 2 is 0.720 bits per heavy atom. The number of carbonyl (C=O) groups excluding carboxylic acids is 3. The van der Waals surface area contributed by atoms with E-state index in [1.165, 1.54) is 250 Å². The molecule has 2 atom stereocenters. The molecule has 0 bridgehead atoms. The van der Waals surface area contributed by atoms with Gasteiger partial charge in [-0.1, -0.05) is 289 Å². The minimum absolute atomic E-state index is 0.152. The van der Waals surface area contributed by atoms with Gasteiger partial charge < -0.3 is 33.3 Å². The van der Waals surface area contributed by atoms with Crippen molar-refractivity contribution in [2.75, 3.05) is 47.5 Å². The quantitative estimate of drug-likeness (QED) is 0.0195. The molecule has 9 heteroatoms. The number of quaternary nitrogens is 1. The number of ether oxygens (including phenoxy) is 4. The van der Waals surface area contributed by atoms with Crippen molar-refractivity contribution in [3.8, 4) is 0 Å². The number of hydrogen-bond donors (Lipinski definition) is 0. The zero-order valence-corrected chi connectivity index (χ0v) is 50.4. The van der Waals surface area contributed by atoms with Gasteiger partial charge in [-0.15, -0.1) is 0 Å². The fraction of sp³-hybridized carbons (Fsp3) is 0.894. The molecule has 0 rings (SSSR count). The third-order valence-corrected chi connectivity index (χ3v) is 14.7. The molecule has 0 aliphatic rings. The maximum absolute atomic E-state index is 12.9. The first-order chi connectivity index (χ1) is 36.6. The average Bonchev–Trinajstić information content (AvgIpc) is 3.38. The van der Waals surface area contributed by atoms with Gasteiger partial charge in [-0.05, 0) is 44.9 Å². The molecule has 0 fully saturated rings. The number of unbranched alkanes of at least 4 members (excludes halogenated alkanes) is 42. The van der Waals surface area contributed by atoms with Gasteiger partial charge in [0.2, 0.25) is 0 Å². The van der Waals surface area contributed by atoms with Crippen LogP contribution in [0.3, 0.4) is 0 Å². The molecule has 0 aromatic heterocycles. The summed E-state index contributed by atoms with van der Waals surface area (Å²) in [4.78, 5) is 37.3. The topological polar surface area (TPSA) is 111 Å². The van der Waals surface area contributed by atoms with Gasteiger partial charge >= 0.3 is 11.9 Å². The van der Waals surface area contributed by atoms with Crippen LogP contribution >= 0.6 is 0 Å². The highest BCUT2D eigenvalue weighted by Crippen LogP contribution is 2.18. The van der Waals surface area contributed by atoms with Crippen LogP contribution in [-0.2, 0) is 33.3 Å². The van der Waals surface area contributed by atoms with Crippen LogP contribution in [0.2, 0.25) is 0 Å². The Kier molecular flexibility index (Phi) is 56.2. The van der Waals surface area contributed by atoms with Crippen LogP contribution in [0.1, 0.15) is 322 Å². The summed E-state index contributed by atoms with van der Waals surface area (Å²) < 4.78 is 22.7. The molecule has 0 radical (unpaired) electrons. The molecule has 0 saturated carbocycles. The maximum atomic E-state index is 12.9. The van der Waals surface area contributed by atoms with Gasteiger partial charge in [0, 0.05) is 12.8 Å². The lowest BCUT2D eigenvalue weighted by Gasteiger charge is -2.26. The highest BCUT2D eigenvalue weighted by Gasteiger charge is 2.22. The van der Waals surface area contributed by atoms with Crippen molar-refractivity contribution >= 4 is 17.9 Å². The summed E-state index contributed by atoms with van der Waals surface area (Å²) in [7, 11) is 5.93. The maximum Gasteiger partial charge on any atom is 0.306 e. The normalized spacial score (nSPS) is 12.8. The molecule has 0 aliphatic heterocycles. The molecule has 0 aliphatic carbocycles. The number of carbonyl (C=O) groups is 3. The standard InChI is InChI=1S/C66H125NO8/c1-6-8-10-12-14-16-18-20-21-22-23-24-25-26-27-28-29-30-31-32-33-34-35-36-37-38-39-40-41-42-43-45-47-49-51-53-55-57-64(69)75-62(61-74-66(65(70)71)72-59-58-67(3,4)5)60-73-63(68)56-54-52-50-48-46-44-19-17-15-13-11-9-7-2/h18,20,22-23,62,66H,6-17,19,21,24-61H2,1-5H3/b20-18-,23-22-. The highest BCUT2D eigenvalue weighted by atomic mass is 16.7. The van der Waals surface area contributed by atoms with E-state index >= 15 is 0 Å². The van der Waals surface area contributed by atoms with Crippen LogP contribution in [0.15, 0.2) is 24.3 Å². The minimum atomic E-state index is -1.62. The molecule has 0 saturated heterocycles. The second-order valence-electron chi connectivity index (χ2n) is 23.4. The number of likely N-dealkylation sites (N-methyl/N-ethyl adjacent to an activating group) is 1. The SMILES string of the molecule is CCCCCCC/C=C\C/C=C\CCCCCCCCCCCCCCCCCCCCCCCCCCCC(=O)OC(COC(=O)CCCCCCCCCCCCCCC)COC(OCC[N+](C)(C)C)C(=O)[O-]. The van der Waals surface area contributed by atoms with Gasteiger partial charge in [-0.25, -0.2) is 0 Å². The Morgan fingerprint density at radius 3 is 1.05 bits per heavy atom. The van der Waals surface area contributed by atoms with E-state index in [0.717, 1.165) is 44.9 Å². The average molecular weight is 1060 g/mol. The first kappa shape index (κ1) is 72.8. The van der Waals surface area contributed by atoms with Crippen molar-refractivity contribution < 1.29 is 42.9 Å². The number of allylic oxidation sites excluding steroid dienone is 4. The number of hydrogen-bond acceptors (Lipinski definition) is 8. The smallest absolute Gasteiger partial charge is 0.306 e. The molecule has 0 aromatic carbocycles. The number of nitrogens with zero attached hydrogens (tertiary/aromatic N) is 1. The van der Waals surface area contributed by atoms with Gasteiger partial charge in [0.05, 0.1) is 40.3 Å². The molecule has 75 heavy (non-hydrogen) atoms. The van der Waals surface area contributed by atoms with E-state index in [1.807, 2.05) is 21.1 Å². The van der Waals surface area contributed by atoms with Crippen molar-refractivity contribution in [1.82, 2.24) is 0 Å². The van der Waals surface area contributed by atoms with E-state index in [2.05, 4.69) is 38.2 Å². The van der Waals surface area contributed by atoms with Crippen LogP contribution in [-0.4, -0.2) is 82.3 Å². The van der Waals surface area contributed by atoms with Gasteiger partial charge in [0.15, 0.2) is 12.4 Å². The number of rotatable bonds is 61. The number of carboxylic acids is 1. The molecule has 2 unspecified atom stereocenters. The second kappa shape index (κ2) is 57.9. The van der Waals surface area contributed by atoms with Gasteiger partial charge in [-0.2, -0.15) is 0 Å². The molecule has 0 heterocycles. The molecular weight excluding hydrogens is 935 g/mol. The van der Waals surface area contributed by atoms with Gasteiger partial charge in [0.1, 0.15) is 13.2 Å². The Bertz CT molecular complexity index is 1280. The second-order valence-corrected chi connectivity index (χ2v) is 23.4. The first-order valence-corrected chi connectivity index (χ1v) is 32.5. The monoisotopic (exact) mass is 1060 g/mol. The largest absolute Gasteiger partial charge is 0.545 e. The molecule has 0 spiro atoms.